The average Bonchev–Trinajstić information content (AvgIpc) is 3.89. The number of rotatable bonds is 5. The molecule has 0 spiro atoms. The molecule has 0 aliphatic carbocycles. The molecule has 0 aliphatic heterocycles. The van der Waals surface area contributed by atoms with E-state index in [1.807, 2.05) is 17.4 Å². The van der Waals surface area contributed by atoms with Crippen molar-refractivity contribution in [3.05, 3.63) is 182 Å². The summed E-state index contributed by atoms with van der Waals surface area (Å²) < 4.78 is 11.6. The predicted octanol–water partition coefficient (Wildman–Crippen LogP) is 14.2. The summed E-state index contributed by atoms with van der Waals surface area (Å²) in [7, 11) is 0. The second-order valence-electron chi connectivity index (χ2n) is 13.3. The molecule has 3 heterocycles. The second kappa shape index (κ2) is 11.5. The molecule has 0 unspecified atom stereocenters. The lowest BCUT2D eigenvalue weighted by atomic mass is 10.0. The number of nitrogens with zero attached hydrogens (tertiary/aromatic N) is 2. The number of furan rings is 1. The lowest BCUT2D eigenvalue weighted by Crippen LogP contribution is -2.11. The van der Waals surface area contributed by atoms with Gasteiger partial charge in [0.1, 0.15) is 5.58 Å². The highest BCUT2D eigenvalue weighted by atomic mass is 32.1. The van der Waals surface area contributed by atoms with E-state index in [1.165, 1.54) is 42.0 Å². The van der Waals surface area contributed by atoms with Gasteiger partial charge in [-0.25, -0.2) is 0 Å². The summed E-state index contributed by atoms with van der Waals surface area (Å²) in [6.45, 7) is 0. The standard InChI is InChI=1S/C48H30N2OS/c1-6-23-40(33(16-1)31-14-11-15-32(30-31)49-41-24-7-2-17-34(41)35-18-3-8-25-42(35)49)50(43-26-12-21-38-36-19-4-9-28-45(36)51-47(38)43)44-27-13-22-39-37-20-5-10-29-46(37)52-48(39)44/h1-30H. The van der Waals surface area contributed by atoms with Crippen molar-refractivity contribution in [2.45, 2.75) is 0 Å². The van der Waals surface area contributed by atoms with Crippen LogP contribution >= 0.6 is 11.3 Å². The van der Waals surface area contributed by atoms with Crippen LogP contribution in [0.5, 0.6) is 0 Å². The van der Waals surface area contributed by atoms with Crippen molar-refractivity contribution in [3.8, 4) is 16.8 Å². The molecule has 52 heavy (non-hydrogen) atoms. The van der Waals surface area contributed by atoms with Crippen LogP contribution in [0.15, 0.2) is 186 Å². The molecule has 244 valence electrons. The zero-order valence-electron chi connectivity index (χ0n) is 28.0. The van der Waals surface area contributed by atoms with Crippen LogP contribution in [0.2, 0.25) is 0 Å². The van der Waals surface area contributed by atoms with Gasteiger partial charge in [-0.3, -0.25) is 0 Å². The Balaban J connectivity index is 1.18. The zero-order valence-corrected chi connectivity index (χ0v) is 28.8. The number of para-hydroxylation sites is 5. The Kier molecular flexibility index (Phi) is 6.42. The van der Waals surface area contributed by atoms with Crippen LogP contribution in [0.4, 0.5) is 17.1 Å². The van der Waals surface area contributed by atoms with Crippen LogP contribution < -0.4 is 4.90 Å². The van der Waals surface area contributed by atoms with Gasteiger partial charge in [0, 0.05) is 48.3 Å². The minimum Gasteiger partial charge on any atom is -0.454 e. The average molecular weight is 683 g/mol. The zero-order chi connectivity index (χ0) is 34.2. The summed E-state index contributed by atoms with van der Waals surface area (Å²) in [5, 5.41) is 7.26. The van der Waals surface area contributed by atoms with E-state index in [4.69, 9.17) is 4.42 Å². The molecule has 0 radical (unpaired) electrons. The van der Waals surface area contributed by atoms with Gasteiger partial charge in [-0.05, 0) is 60.2 Å². The molecular formula is C48H30N2OS. The number of benzene rings is 8. The maximum atomic E-state index is 6.73. The minimum absolute atomic E-state index is 0.871. The Labute approximate surface area is 303 Å². The quantitative estimate of drug-likeness (QED) is 0.180. The monoisotopic (exact) mass is 682 g/mol. The summed E-state index contributed by atoms with van der Waals surface area (Å²) in [5.41, 5.74) is 10.8. The van der Waals surface area contributed by atoms with Gasteiger partial charge in [0.2, 0.25) is 0 Å². The molecule has 3 nitrogen and oxygen atoms in total. The smallest absolute Gasteiger partial charge is 0.159 e. The number of anilines is 3. The highest BCUT2D eigenvalue weighted by Gasteiger charge is 2.24. The van der Waals surface area contributed by atoms with Crippen LogP contribution in [0.1, 0.15) is 0 Å². The summed E-state index contributed by atoms with van der Waals surface area (Å²) >= 11 is 1.85. The molecule has 0 bridgehead atoms. The second-order valence-corrected chi connectivity index (χ2v) is 14.3. The van der Waals surface area contributed by atoms with E-state index < -0.39 is 0 Å². The minimum atomic E-state index is 0.871. The molecule has 0 saturated heterocycles. The van der Waals surface area contributed by atoms with Gasteiger partial charge < -0.3 is 13.9 Å². The first-order valence-corrected chi connectivity index (χ1v) is 18.4. The topological polar surface area (TPSA) is 21.3 Å². The van der Waals surface area contributed by atoms with Gasteiger partial charge in [0.25, 0.3) is 0 Å². The molecule has 11 aromatic rings. The van der Waals surface area contributed by atoms with Gasteiger partial charge in [-0.15, -0.1) is 11.3 Å². The summed E-state index contributed by atoms with van der Waals surface area (Å²) in [6.07, 6.45) is 0. The number of thiophene rings is 1. The van der Waals surface area contributed by atoms with E-state index >= 15 is 0 Å². The first kappa shape index (κ1) is 29.1. The number of hydrogen-bond acceptors (Lipinski definition) is 3. The highest BCUT2D eigenvalue weighted by Crippen LogP contribution is 2.49. The van der Waals surface area contributed by atoms with E-state index in [9.17, 15) is 0 Å². The number of fused-ring (bicyclic) bond motifs is 9. The largest absolute Gasteiger partial charge is 0.454 e. The third kappa shape index (κ3) is 4.31. The highest BCUT2D eigenvalue weighted by molar-refractivity contribution is 7.26. The van der Waals surface area contributed by atoms with Gasteiger partial charge in [-0.1, -0.05) is 127 Å². The Morgan fingerprint density at radius 3 is 1.87 bits per heavy atom. The van der Waals surface area contributed by atoms with E-state index in [2.05, 4.69) is 185 Å². The Morgan fingerprint density at radius 1 is 0.442 bits per heavy atom. The molecule has 4 heteroatoms. The van der Waals surface area contributed by atoms with Crippen molar-refractivity contribution in [2.24, 2.45) is 0 Å². The van der Waals surface area contributed by atoms with Crippen molar-refractivity contribution in [2.75, 3.05) is 4.90 Å². The Morgan fingerprint density at radius 2 is 1.04 bits per heavy atom. The third-order valence-electron chi connectivity index (χ3n) is 10.4. The lowest BCUT2D eigenvalue weighted by Gasteiger charge is -2.28. The van der Waals surface area contributed by atoms with Crippen molar-refractivity contribution in [1.82, 2.24) is 4.57 Å². The first-order valence-electron chi connectivity index (χ1n) is 17.6. The SMILES string of the molecule is c1cc(-c2ccccc2N(c2cccc3c2oc2ccccc23)c2cccc3c2sc2ccccc23)cc(-n2c3ccccc3c3ccccc32)c1. The maximum Gasteiger partial charge on any atom is 0.159 e. The van der Waals surface area contributed by atoms with Crippen LogP contribution in [0.3, 0.4) is 0 Å². The van der Waals surface area contributed by atoms with E-state index in [1.54, 1.807) is 0 Å². The molecule has 0 aliphatic rings. The van der Waals surface area contributed by atoms with Gasteiger partial charge in [-0.2, -0.15) is 0 Å². The molecule has 3 aromatic heterocycles. The number of aromatic nitrogens is 1. The normalized spacial score (nSPS) is 11.8. The fourth-order valence-corrected chi connectivity index (χ4v) is 9.34. The predicted molar refractivity (Wildman–Crippen MR) is 221 cm³/mol. The Bertz CT molecular complexity index is 3000. The third-order valence-corrected chi connectivity index (χ3v) is 11.6. The molecule has 0 amide bonds. The van der Waals surface area contributed by atoms with Crippen molar-refractivity contribution < 1.29 is 4.42 Å². The van der Waals surface area contributed by atoms with E-state index in [0.717, 1.165) is 55.8 Å². The fourth-order valence-electron chi connectivity index (χ4n) is 8.13. The number of hydrogen-bond donors (Lipinski definition) is 0. The van der Waals surface area contributed by atoms with Crippen LogP contribution in [-0.4, -0.2) is 4.57 Å². The van der Waals surface area contributed by atoms with Gasteiger partial charge in [0.05, 0.1) is 32.8 Å². The summed E-state index contributed by atoms with van der Waals surface area (Å²) in [4.78, 5) is 2.42. The molecular weight excluding hydrogens is 653 g/mol. The van der Waals surface area contributed by atoms with Crippen LogP contribution in [0.25, 0.3) is 80.7 Å². The van der Waals surface area contributed by atoms with E-state index in [-0.39, 0.29) is 0 Å². The van der Waals surface area contributed by atoms with Crippen molar-refractivity contribution >= 4 is 92.3 Å². The van der Waals surface area contributed by atoms with Crippen LogP contribution in [-0.2, 0) is 0 Å². The van der Waals surface area contributed by atoms with Gasteiger partial charge >= 0.3 is 0 Å². The summed E-state index contributed by atoms with van der Waals surface area (Å²) in [6, 6.07) is 65.4. The van der Waals surface area contributed by atoms with Crippen molar-refractivity contribution in [3.63, 3.8) is 0 Å². The van der Waals surface area contributed by atoms with Crippen molar-refractivity contribution in [1.29, 1.82) is 0 Å². The molecule has 0 atom stereocenters. The molecule has 0 fully saturated rings. The molecule has 11 rings (SSSR count). The first-order chi connectivity index (χ1) is 25.8. The van der Waals surface area contributed by atoms with Gasteiger partial charge in [0.15, 0.2) is 5.58 Å². The molecule has 0 N–H and O–H groups in total. The van der Waals surface area contributed by atoms with Crippen LogP contribution in [0, 0.1) is 0 Å². The fraction of sp³-hybridized carbons (Fsp3) is 0. The Hall–Kier alpha value is -6.62. The lowest BCUT2D eigenvalue weighted by molar-refractivity contribution is 0.669. The molecule has 0 saturated carbocycles. The summed E-state index contributed by atoms with van der Waals surface area (Å²) in [5.74, 6) is 0. The van der Waals surface area contributed by atoms with E-state index in [0.29, 0.717) is 0 Å². The maximum absolute atomic E-state index is 6.73. The molecule has 8 aromatic carbocycles.